The fourth-order valence-electron chi connectivity index (χ4n) is 4.29. The second kappa shape index (κ2) is 10.5. The lowest BCUT2D eigenvalue weighted by Gasteiger charge is -2.20. The van der Waals surface area contributed by atoms with Gasteiger partial charge in [-0.1, -0.05) is 29.8 Å². The van der Waals surface area contributed by atoms with Crippen molar-refractivity contribution in [2.75, 3.05) is 18.0 Å². The van der Waals surface area contributed by atoms with Crippen LogP contribution in [0, 0.1) is 12.7 Å². The molecule has 1 aliphatic heterocycles. The van der Waals surface area contributed by atoms with Gasteiger partial charge in [-0.2, -0.15) is 0 Å². The predicted molar refractivity (Wildman–Crippen MR) is 135 cm³/mol. The van der Waals surface area contributed by atoms with Gasteiger partial charge in [0.1, 0.15) is 5.82 Å². The summed E-state index contributed by atoms with van der Waals surface area (Å²) < 4.78 is 15.0. The third-order valence-electron chi connectivity index (χ3n) is 6.26. The summed E-state index contributed by atoms with van der Waals surface area (Å²) in [6, 6.07) is 20.0. The molecule has 2 N–H and O–H groups in total. The molecule has 1 saturated heterocycles. The molecule has 1 heterocycles. The molecule has 0 radical (unpaired) electrons. The standard InChI is InChI=1S/C28H29FN4O2/c1-4-32(5-2)24-16-8-20(9-17-24)18-33-26(21-10-6-19(3)7-11-21)25(28(35)31-33)30-27(34)22-12-14-23(29)15-13-22/h6-18,25-26H,4-5H2,1-3H3,(H-,30,31,34,35)/p+1/t25-,26+/m0/s1. The molecule has 35 heavy (non-hydrogen) atoms. The quantitative estimate of drug-likeness (QED) is 0.510. The summed E-state index contributed by atoms with van der Waals surface area (Å²) in [5.41, 5.74) is 7.22. The van der Waals surface area contributed by atoms with Gasteiger partial charge in [0.15, 0.2) is 6.04 Å². The number of anilines is 1. The van der Waals surface area contributed by atoms with Crippen molar-refractivity contribution in [3.05, 3.63) is 101 Å². The smallest absolute Gasteiger partial charge is 0.304 e. The molecule has 7 heteroatoms. The van der Waals surface area contributed by atoms with Crippen LogP contribution in [0.2, 0.25) is 0 Å². The van der Waals surface area contributed by atoms with Gasteiger partial charge in [0.2, 0.25) is 12.3 Å². The first-order valence-electron chi connectivity index (χ1n) is 11.8. The minimum Gasteiger partial charge on any atom is -0.372 e. The maximum Gasteiger partial charge on any atom is 0.304 e. The molecule has 1 fully saturated rings. The lowest BCUT2D eigenvalue weighted by molar-refractivity contribution is -0.596. The molecule has 2 atom stereocenters. The van der Waals surface area contributed by atoms with Gasteiger partial charge in [-0.3, -0.25) is 9.59 Å². The molecule has 0 unspecified atom stereocenters. The number of carbonyl (C=O) groups is 2. The minimum atomic E-state index is -0.832. The van der Waals surface area contributed by atoms with Crippen LogP contribution < -0.4 is 15.6 Å². The van der Waals surface area contributed by atoms with Crippen molar-refractivity contribution >= 4 is 23.7 Å². The van der Waals surface area contributed by atoms with Crippen molar-refractivity contribution < 1.29 is 18.7 Å². The Bertz CT molecular complexity index is 1220. The number of hydrazine groups is 1. The summed E-state index contributed by atoms with van der Waals surface area (Å²) in [5.74, 6) is -1.18. The highest BCUT2D eigenvalue weighted by atomic mass is 19.1. The Labute approximate surface area is 205 Å². The van der Waals surface area contributed by atoms with E-state index < -0.39 is 23.8 Å². The fourth-order valence-corrected chi connectivity index (χ4v) is 4.29. The normalized spacial score (nSPS) is 18.4. The Balaban J connectivity index is 1.66. The second-order valence-electron chi connectivity index (χ2n) is 8.59. The average molecular weight is 474 g/mol. The van der Waals surface area contributed by atoms with Gasteiger partial charge in [0, 0.05) is 35.5 Å². The Hall–Kier alpha value is -4.00. The molecular formula is C28H30FN4O2+. The number of hydrazone groups is 1. The van der Waals surface area contributed by atoms with Gasteiger partial charge in [0.25, 0.3) is 5.91 Å². The minimum absolute atomic E-state index is 0.288. The van der Waals surface area contributed by atoms with Gasteiger partial charge < -0.3 is 10.2 Å². The number of hydrogen-bond donors (Lipinski definition) is 2. The summed E-state index contributed by atoms with van der Waals surface area (Å²) in [4.78, 5) is 28.1. The van der Waals surface area contributed by atoms with Crippen LogP contribution in [0.5, 0.6) is 0 Å². The number of carbonyl (C=O) groups excluding carboxylic acids is 2. The van der Waals surface area contributed by atoms with E-state index in [0.29, 0.717) is 0 Å². The van der Waals surface area contributed by atoms with Crippen LogP contribution in [0.3, 0.4) is 0 Å². The van der Waals surface area contributed by atoms with Crippen molar-refractivity contribution in [3.63, 3.8) is 0 Å². The third-order valence-corrected chi connectivity index (χ3v) is 6.26. The molecule has 1 aliphatic rings. The van der Waals surface area contributed by atoms with E-state index in [2.05, 4.69) is 41.6 Å². The first kappa shape index (κ1) is 24.1. The van der Waals surface area contributed by atoms with Crippen molar-refractivity contribution in [1.29, 1.82) is 0 Å². The van der Waals surface area contributed by atoms with E-state index >= 15 is 0 Å². The monoisotopic (exact) mass is 473 g/mol. The van der Waals surface area contributed by atoms with E-state index in [1.165, 1.54) is 24.3 Å². The average Bonchev–Trinajstić information content (AvgIpc) is 3.16. The molecule has 4 rings (SSSR count). The summed E-state index contributed by atoms with van der Waals surface area (Å²) in [5, 5.41) is 2.84. The number of amides is 2. The molecule has 180 valence electrons. The Morgan fingerprint density at radius 1 is 1.00 bits per heavy atom. The molecule has 6 nitrogen and oxygen atoms in total. The van der Waals surface area contributed by atoms with E-state index in [9.17, 15) is 14.0 Å². The van der Waals surface area contributed by atoms with E-state index in [1.54, 1.807) is 4.68 Å². The van der Waals surface area contributed by atoms with Crippen LogP contribution in [0.15, 0.2) is 72.8 Å². The van der Waals surface area contributed by atoms with Gasteiger partial charge in [0.05, 0.1) is 0 Å². The van der Waals surface area contributed by atoms with Crippen molar-refractivity contribution in [2.24, 2.45) is 0 Å². The molecule has 0 aliphatic carbocycles. The molecule has 2 amide bonds. The predicted octanol–water partition coefficient (Wildman–Crippen LogP) is 4.00. The summed E-state index contributed by atoms with van der Waals surface area (Å²) in [7, 11) is 0. The van der Waals surface area contributed by atoms with Gasteiger partial charge in [-0.05, 0) is 69.3 Å². The van der Waals surface area contributed by atoms with E-state index in [-0.39, 0.29) is 11.5 Å². The van der Waals surface area contributed by atoms with Crippen molar-refractivity contribution in [3.8, 4) is 0 Å². The summed E-state index contributed by atoms with van der Waals surface area (Å²) >= 11 is 0. The summed E-state index contributed by atoms with van der Waals surface area (Å²) in [6.07, 6.45) is 1.87. The number of aryl methyl sites for hydroxylation is 1. The zero-order chi connectivity index (χ0) is 24.9. The molecule has 0 bridgehead atoms. The Morgan fingerprint density at radius 2 is 1.63 bits per heavy atom. The van der Waals surface area contributed by atoms with Gasteiger partial charge in [-0.25, -0.2) is 4.39 Å². The highest BCUT2D eigenvalue weighted by Crippen LogP contribution is 2.26. The highest BCUT2D eigenvalue weighted by molar-refractivity contribution is 5.98. The maximum atomic E-state index is 13.3. The SMILES string of the molecule is CCN(CC)c1ccc(/C=[N+]2\NC(=O)[C@@H](NC(=O)c3ccc(F)cc3)[C@H]2c2ccc(C)cc2)cc1. The number of rotatable bonds is 7. The van der Waals surface area contributed by atoms with Crippen molar-refractivity contribution in [2.45, 2.75) is 32.9 Å². The van der Waals surface area contributed by atoms with Crippen LogP contribution in [0.4, 0.5) is 10.1 Å². The van der Waals surface area contributed by atoms with Crippen LogP contribution in [0.1, 0.15) is 46.9 Å². The van der Waals surface area contributed by atoms with Gasteiger partial charge >= 0.3 is 5.91 Å². The highest BCUT2D eigenvalue weighted by Gasteiger charge is 2.47. The topological polar surface area (TPSA) is 64.5 Å². The Morgan fingerprint density at radius 3 is 2.23 bits per heavy atom. The second-order valence-corrected chi connectivity index (χ2v) is 8.59. The largest absolute Gasteiger partial charge is 0.372 e. The van der Waals surface area contributed by atoms with Crippen LogP contribution in [-0.4, -0.2) is 41.8 Å². The number of nitrogens with zero attached hydrogens (tertiary/aromatic N) is 2. The number of halogens is 1. The summed E-state index contributed by atoms with van der Waals surface area (Å²) in [6.45, 7) is 8.09. The van der Waals surface area contributed by atoms with Crippen molar-refractivity contribution in [1.82, 2.24) is 10.7 Å². The molecule has 0 spiro atoms. The Kier molecular flexibility index (Phi) is 7.25. The van der Waals surface area contributed by atoms with E-state index in [1.807, 2.05) is 49.5 Å². The zero-order valence-electron chi connectivity index (χ0n) is 20.2. The molecule has 0 saturated carbocycles. The lowest BCUT2D eigenvalue weighted by atomic mass is 9.98. The lowest BCUT2D eigenvalue weighted by Crippen LogP contribution is -2.42. The van der Waals surface area contributed by atoms with Gasteiger partial charge in [-0.15, -0.1) is 10.1 Å². The molecule has 3 aromatic rings. The number of hydrogen-bond acceptors (Lipinski definition) is 3. The first-order valence-corrected chi connectivity index (χ1v) is 11.8. The van der Waals surface area contributed by atoms with Crippen LogP contribution >= 0.6 is 0 Å². The maximum absolute atomic E-state index is 13.3. The molecule has 0 aromatic heterocycles. The zero-order valence-corrected chi connectivity index (χ0v) is 20.2. The van der Waals surface area contributed by atoms with Crippen LogP contribution in [0.25, 0.3) is 0 Å². The number of nitrogens with one attached hydrogen (secondary N) is 2. The molecular weight excluding hydrogens is 443 g/mol. The van der Waals surface area contributed by atoms with E-state index in [0.717, 1.165) is 35.5 Å². The number of benzene rings is 3. The molecule has 3 aromatic carbocycles. The third kappa shape index (κ3) is 5.40. The fraction of sp³-hybridized carbons (Fsp3) is 0.250. The van der Waals surface area contributed by atoms with Crippen LogP contribution in [-0.2, 0) is 4.79 Å². The first-order chi connectivity index (χ1) is 16.9. The van der Waals surface area contributed by atoms with E-state index in [4.69, 9.17) is 0 Å².